The van der Waals surface area contributed by atoms with Gasteiger partial charge in [0, 0.05) is 0 Å². The first-order valence-corrected chi connectivity index (χ1v) is 7.06. The van der Waals surface area contributed by atoms with Crippen LogP contribution < -0.4 is 28.1 Å². The predicted molar refractivity (Wildman–Crippen MR) is 50.8 cm³/mol. The molecule has 0 rings (SSSR count). The summed E-state index contributed by atoms with van der Waals surface area (Å²) in [5.41, 5.74) is 0. The molecule has 0 spiro atoms. The Hall–Kier alpha value is 0.920. The Morgan fingerprint density at radius 1 is 1.00 bits per heavy atom. The maximum atomic E-state index is 10.9. The second-order valence-electron chi connectivity index (χ2n) is 3.42. The van der Waals surface area contributed by atoms with Crippen LogP contribution in [-0.2, 0) is 29.5 Å². The molecule has 15 heavy (non-hydrogen) atoms. The summed E-state index contributed by atoms with van der Waals surface area (Å²) in [4.78, 5) is 10.9. The van der Waals surface area contributed by atoms with E-state index in [0.29, 0.717) is 0 Å². The minimum absolute atomic E-state index is 0. The van der Waals surface area contributed by atoms with Crippen LogP contribution in [0.25, 0.3) is 0 Å². The molecule has 0 fully saturated rings. The van der Waals surface area contributed by atoms with E-state index < -0.39 is 0 Å². The maximum Gasteiger partial charge on any atom is -1.00 e. The average Bonchev–Trinajstić information content (AvgIpc) is 2.16. The van der Waals surface area contributed by atoms with E-state index in [1.54, 1.807) is 0 Å². The third kappa shape index (κ3) is 17.5. The molecular weight excluding hydrogens is 400 g/mol. The predicted octanol–water partition coefficient (Wildman–Crippen LogP) is -3.29. The van der Waals surface area contributed by atoms with Crippen LogP contribution in [0.4, 0.5) is 0 Å². The Morgan fingerprint density at radius 3 is 1.93 bits per heavy atom. The van der Waals surface area contributed by atoms with Crippen molar-refractivity contribution in [3.8, 4) is 0 Å². The topological polar surface area (TPSA) is 29.1 Å². The summed E-state index contributed by atoms with van der Waals surface area (Å²) in [7, 11) is 0. The molecule has 89 valence electrons. The Kier molecular flexibility index (Phi) is 24.5. The van der Waals surface area contributed by atoms with Crippen molar-refractivity contribution < 1.29 is 54.3 Å². The molecule has 0 radical (unpaired) electrons. The van der Waals surface area contributed by atoms with Gasteiger partial charge in [0.15, 0.2) is 0 Å². The van der Waals surface area contributed by atoms with Gasteiger partial charge < -0.3 is 24.8 Å². The van der Waals surface area contributed by atoms with E-state index in [2.05, 4.69) is 10.2 Å². The number of unbranched alkanes of at least 4 members (excludes halogenated alkanes) is 6. The summed E-state index contributed by atoms with van der Waals surface area (Å²) >= 11 is 0.794. The Morgan fingerprint density at radius 2 is 1.47 bits per heavy atom. The van der Waals surface area contributed by atoms with Gasteiger partial charge in [-0.2, -0.15) is 0 Å². The van der Waals surface area contributed by atoms with Crippen LogP contribution in [-0.4, -0.2) is 5.91 Å². The van der Waals surface area contributed by atoms with Gasteiger partial charge in [-0.3, -0.25) is 0 Å². The maximum absolute atomic E-state index is 10.9. The molecule has 0 saturated heterocycles. The molecular formula is C10H20Cl2HfNO. The van der Waals surface area contributed by atoms with Gasteiger partial charge in [-0.1, -0.05) is 0 Å². The van der Waals surface area contributed by atoms with E-state index in [1.807, 2.05) is 0 Å². The van der Waals surface area contributed by atoms with Gasteiger partial charge in [0.1, 0.15) is 0 Å². The van der Waals surface area contributed by atoms with Gasteiger partial charge in [-0.15, -0.1) is 0 Å². The summed E-state index contributed by atoms with van der Waals surface area (Å²) in [5.74, 6) is 0.236. The summed E-state index contributed by atoms with van der Waals surface area (Å²) in [6.45, 7) is 2.23. The van der Waals surface area contributed by atoms with Crippen LogP contribution in [0.3, 0.4) is 0 Å². The fourth-order valence-electron chi connectivity index (χ4n) is 1.31. The molecule has 1 N–H and O–H groups in total. The van der Waals surface area contributed by atoms with Gasteiger partial charge in [0.25, 0.3) is 0 Å². The van der Waals surface area contributed by atoms with Gasteiger partial charge in [-0.25, -0.2) is 0 Å². The zero-order valence-electron chi connectivity index (χ0n) is 9.32. The Labute approximate surface area is 121 Å². The molecule has 2 nitrogen and oxygen atoms in total. The van der Waals surface area contributed by atoms with Gasteiger partial charge in [-0.05, 0) is 0 Å². The van der Waals surface area contributed by atoms with E-state index >= 15 is 0 Å². The third-order valence-electron chi connectivity index (χ3n) is 2.15. The Bertz CT molecular complexity index is 137. The van der Waals surface area contributed by atoms with Crippen LogP contribution >= 0.6 is 0 Å². The van der Waals surface area contributed by atoms with Crippen LogP contribution in [0.5, 0.6) is 0 Å². The van der Waals surface area contributed by atoms with E-state index in [-0.39, 0.29) is 30.7 Å². The molecule has 0 aliphatic rings. The number of nitrogens with one attached hydrogen (secondary N) is 1. The van der Waals surface area contributed by atoms with Crippen LogP contribution in [0, 0.1) is 0 Å². The summed E-state index contributed by atoms with van der Waals surface area (Å²) in [5, 5.41) is 0. The van der Waals surface area contributed by atoms with Crippen molar-refractivity contribution in [3.05, 3.63) is 0 Å². The standard InChI is InChI=1S/C10H21NO.2ClH.Hf/c1-2-3-4-5-6-7-8-9-10(11)12;;;/h2-9H2,1H3,(H2,11,12);2*1H;/q;;;+3/p-3. The van der Waals surface area contributed by atoms with Gasteiger partial charge >= 0.3 is 97.0 Å². The van der Waals surface area contributed by atoms with Crippen molar-refractivity contribution in [2.45, 2.75) is 58.3 Å². The smallest absolute Gasteiger partial charge is 1.00 e. The van der Waals surface area contributed by atoms with Crippen molar-refractivity contribution in [3.63, 3.8) is 0 Å². The first kappa shape index (κ1) is 21.2. The van der Waals surface area contributed by atoms with Crippen molar-refractivity contribution in [2.24, 2.45) is 0 Å². The number of hydrogen-bond acceptors (Lipinski definition) is 1. The van der Waals surface area contributed by atoms with Crippen molar-refractivity contribution in [2.75, 3.05) is 0 Å². The fraction of sp³-hybridized carbons (Fsp3) is 0.900. The SMILES string of the molecule is CCCCCCCCCC(=O)[NH][Hf+2].[Cl-].[Cl-]. The normalized spacial score (nSPS) is 8.73. The summed E-state index contributed by atoms with van der Waals surface area (Å²) in [6.07, 6.45) is 9.70. The van der Waals surface area contributed by atoms with Gasteiger partial charge in [0.05, 0.1) is 0 Å². The number of rotatable bonds is 8. The fourth-order valence-corrected chi connectivity index (χ4v) is 1.75. The number of carbonyl (C=O) groups excluding carboxylic acids is 1. The first-order valence-electron chi connectivity index (χ1n) is 5.26. The number of hydrogen-bond donors (Lipinski definition) is 1. The molecule has 0 heterocycles. The van der Waals surface area contributed by atoms with E-state index in [4.69, 9.17) is 0 Å². The minimum Gasteiger partial charge on any atom is -1.00 e. The number of carbonyl (C=O) groups is 1. The van der Waals surface area contributed by atoms with Crippen LogP contribution in [0.2, 0.25) is 0 Å². The molecule has 0 aromatic carbocycles. The van der Waals surface area contributed by atoms with Crippen molar-refractivity contribution in [1.29, 1.82) is 0 Å². The van der Waals surface area contributed by atoms with E-state index in [9.17, 15) is 4.79 Å². The molecule has 1 amide bonds. The molecule has 5 heteroatoms. The second-order valence-corrected chi connectivity index (χ2v) is 4.32. The zero-order valence-corrected chi connectivity index (χ0v) is 14.4. The monoisotopic (exact) mass is 420 g/mol. The molecule has 0 bridgehead atoms. The Balaban J connectivity index is -0.000000720. The summed E-state index contributed by atoms with van der Waals surface area (Å²) < 4.78 is 2.78. The molecule has 0 atom stereocenters. The van der Waals surface area contributed by atoms with Crippen LogP contribution in [0.1, 0.15) is 58.3 Å². The molecule has 0 unspecified atom stereocenters. The molecule has 0 aromatic heterocycles. The van der Waals surface area contributed by atoms with E-state index in [0.717, 1.165) is 37.5 Å². The largest absolute Gasteiger partial charge is 1.00 e. The van der Waals surface area contributed by atoms with Crippen molar-refractivity contribution in [1.82, 2.24) is 3.30 Å². The van der Waals surface area contributed by atoms with Gasteiger partial charge in [0.2, 0.25) is 0 Å². The third-order valence-corrected chi connectivity index (χ3v) is 3.15. The summed E-state index contributed by atoms with van der Waals surface area (Å²) in [6, 6.07) is 0. The average molecular weight is 420 g/mol. The second kappa shape index (κ2) is 17.3. The molecule has 0 aliphatic heterocycles. The number of amides is 1. The first-order chi connectivity index (χ1) is 6.31. The molecule has 0 aromatic rings. The molecule has 0 saturated carbocycles. The van der Waals surface area contributed by atoms with Crippen molar-refractivity contribution >= 4 is 5.91 Å². The quantitative estimate of drug-likeness (QED) is 0.324. The van der Waals surface area contributed by atoms with Crippen LogP contribution in [0.15, 0.2) is 0 Å². The number of halogens is 2. The molecule has 0 aliphatic carbocycles. The minimum atomic E-state index is 0. The zero-order chi connectivity index (χ0) is 9.94. The van der Waals surface area contributed by atoms with E-state index in [1.165, 1.54) is 38.5 Å².